The van der Waals surface area contributed by atoms with Crippen LogP contribution in [0.15, 0.2) is 24.3 Å². The highest BCUT2D eigenvalue weighted by Crippen LogP contribution is 2.06. The molecule has 0 aliphatic rings. The zero-order valence-corrected chi connectivity index (χ0v) is 14.0. The van der Waals surface area contributed by atoms with Crippen molar-refractivity contribution in [3.05, 3.63) is 35.4 Å². The molecule has 0 unspecified atom stereocenters. The minimum atomic E-state index is 0.674. The molecule has 0 aromatic heterocycles. The molecule has 0 bridgehead atoms. The average molecular weight is 279 g/mol. The SMILES string of the molecule is CC.CCCCNC.Cc1ccc(CCCC=O)cc1. The molecule has 0 radical (unpaired) electrons. The lowest BCUT2D eigenvalue weighted by Gasteiger charge is -1.98. The van der Waals surface area contributed by atoms with Crippen LogP contribution in [-0.4, -0.2) is 19.9 Å². The summed E-state index contributed by atoms with van der Waals surface area (Å²) < 4.78 is 0. The first-order chi connectivity index (χ1) is 9.74. The van der Waals surface area contributed by atoms with Crippen molar-refractivity contribution in [1.82, 2.24) is 5.32 Å². The van der Waals surface area contributed by atoms with Crippen LogP contribution in [0, 0.1) is 6.92 Å². The molecule has 1 N–H and O–H groups in total. The summed E-state index contributed by atoms with van der Waals surface area (Å²) in [6, 6.07) is 8.47. The van der Waals surface area contributed by atoms with Crippen LogP contribution < -0.4 is 5.32 Å². The van der Waals surface area contributed by atoms with Crippen LogP contribution in [-0.2, 0) is 11.2 Å². The standard InChI is InChI=1S/C11H14O.C5H13N.C2H6/c1-10-5-7-11(8-6-10)4-2-3-9-12;1-3-4-5-6-2;1-2/h5-9H,2-4H2,1H3;6H,3-5H2,1-2H3;1-2H3. The van der Waals surface area contributed by atoms with Gasteiger partial charge in [0.2, 0.25) is 0 Å². The van der Waals surface area contributed by atoms with Gasteiger partial charge in [-0.3, -0.25) is 0 Å². The number of benzene rings is 1. The Morgan fingerprint density at radius 3 is 2.10 bits per heavy atom. The van der Waals surface area contributed by atoms with Gasteiger partial charge >= 0.3 is 0 Å². The maximum atomic E-state index is 10.0. The number of rotatable bonds is 7. The number of unbranched alkanes of at least 4 members (excludes halogenated alkanes) is 2. The Balaban J connectivity index is 0. The monoisotopic (exact) mass is 279 g/mol. The molecular formula is C18H33NO. The lowest BCUT2D eigenvalue weighted by atomic mass is 10.1. The van der Waals surface area contributed by atoms with E-state index in [-0.39, 0.29) is 0 Å². The third-order valence-electron chi connectivity index (χ3n) is 2.69. The van der Waals surface area contributed by atoms with Gasteiger partial charge in [0.25, 0.3) is 0 Å². The van der Waals surface area contributed by atoms with Crippen LogP contribution >= 0.6 is 0 Å². The average Bonchev–Trinajstić information content (AvgIpc) is 2.50. The van der Waals surface area contributed by atoms with E-state index in [1.54, 1.807) is 0 Å². The van der Waals surface area contributed by atoms with Crippen LogP contribution in [0.4, 0.5) is 0 Å². The van der Waals surface area contributed by atoms with E-state index >= 15 is 0 Å². The Kier molecular flexibility index (Phi) is 18.9. The van der Waals surface area contributed by atoms with E-state index in [4.69, 9.17) is 0 Å². The lowest BCUT2D eigenvalue weighted by Crippen LogP contribution is -2.06. The molecule has 116 valence electrons. The maximum absolute atomic E-state index is 10.0. The normalized spacial score (nSPS) is 8.85. The van der Waals surface area contributed by atoms with Gasteiger partial charge in [0, 0.05) is 6.42 Å². The van der Waals surface area contributed by atoms with Crippen molar-refractivity contribution in [2.24, 2.45) is 0 Å². The molecule has 0 heterocycles. The number of carbonyl (C=O) groups excluding carboxylic acids is 1. The molecule has 1 aromatic carbocycles. The lowest BCUT2D eigenvalue weighted by molar-refractivity contribution is -0.107. The van der Waals surface area contributed by atoms with E-state index in [0.29, 0.717) is 6.42 Å². The maximum Gasteiger partial charge on any atom is 0.120 e. The molecule has 0 atom stereocenters. The molecule has 0 aliphatic heterocycles. The third kappa shape index (κ3) is 14.9. The van der Waals surface area contributed by atoms with Crippen molar-refractivity contribution >= 4 is 6.29 Å². The molecule has 0 amide bonds. The molecule has 2 heteroatoms. The van der Waals surface area contributed by atoms with Gasteiger partial charge < -0.3 is 10.1 Å². The van der Waals surface area contributed by atoms with Crippen molar-refractivity contribution in [3.8, 4) is 0 Å². The summed E-state index contributed by atoms with van der Waals surface area (Å²) in [5.41, 5.74) is 2.61. The summed E-state index contributed by atoms with van der Waals surface area (Å²) in [5.74, 6) is 0. The second-order valence-electron chi connectivity index (χ2n) is 4.50. The fourth-order valence-corrected chi connectivity index (χ4v) is 1.50. The molecule has 1 rings (SSSR count). The Hall–Kier alpha value is -1.15. The van der Waals surface area contributed by atoms with Gasteiger partial charge in [-0.2, -0.15) is 0 Å². The Morgan fingerprint density at radius 1 is 1.10 bits per heavy atom. The molecule has 2 nitrogen and oxygen atoms in total. The van der Waals surface area contributed by atoms with Crippen molar-refractivity contribution < 1.29 is 4.79 Å². The summed E-state index contributed by atoms with van der Waals surface area (Å²) >= 11 is 0. The van der Waals surface area contributed by atoms with Gasteiger partial charge in [0.15, 0.2) is 0 Å². The van der Waals surface area contributed by atoms with Gasteiger partial charge in [-0.15, -0.1) is 0 Å². The third-order valence-corrected chi connectivity index (χ3v) is 2.69. The first-order valence-corrected chi connectivity index (χ1v) is 7.88. The quantitative estimate of drug-likeness (QED) is 0.586. The highest BCUT2D eigenvalue weighted by molar-refractivity contribution is 5.49. The first-order valence-electron chi connectivity index (χ1n) is 7.88. The smallest absolute Gasteiger partial charge is 0.120 e. The molecule has 0 saturated carbocycles. The van der Waals surface area contributed by atoms with Crippen LogP contribution in [0.2, 0.25) is 0 Å². The highest BCUT2D eigenvalue weighted by Gasteiger charge is 1.91. The van der Waals surface area contributed by atoms with Gasteiger partial charge in [0.05, 0.1) is 0 Å². The van der Waals surface area contributed by atoms with Crippen LogP contribution in [0.5, 0.6) is 0 Å². The topological polar surface area (TPSA) is 29.1 Å². The van der Waals surface area contributed by atoms with E-state index in [1.165, 1.54) is 24.0 Å². The van der Waals surface area contributed by atoms with E-state index in [1.807, 2.05) is 20.9 Å². The van der Waals surface area contributed by atoms with E-state index in [9.17, 15) is 4.79 Å². The molecular weight excluding hydrogens is 246 g/mol. The van der Waals surface area contributed by atoms with E-state index < -0.39 is 0 Å². The van der Waals surface area contributed by atoms with Gasteiger partial charge in [-0.05, 0) is 45.3 Å². The second kappa shape index (κ2) is 17.8. The zero-order chi connectivity index (χ0) is 15.6. The van der Waals surface area contributed by atoms with Gasteiger partial charge in [-0.1, -0.05) is 57.0 Å². The summed E-state index contributed by atoms with van der Waals surface area (Å²) in [4.78, 5) is 10.0. The van der Waals surface area contributed by atoms with Crippen LogP contribution in [0.1, 0.15) is 57.6 Å². The van der Waals surface area contributed by atoms with Gasteiger partial charge in [0.1, 0.15) is 6.29 Å². The van der Waals surface area contributed by atoms with E-state index in [0.717, 1.165) is 25.7 Å². The molecule has 0 spiro atoms. The number of hydrogen-bond donors (Lipinski definition) is 1. The zero-order valence-electron chi connectivity index (χ0n) is 14.0. The molecule has 0 aliphatic carbocycles. The number of hydrogen-bond acceptors (Lipinski definition) is 2. The Morgan fingerprint density at radius 2 is 1.70 bits per heavy atom. The Labute approximate surface area is 126 Å². The number of aryl methyl sites for hydroxylation is 2. The summed E-state index contributed by atoms with van der Waals surface area (Å²) in [6.07, 6.45) is 6.23. The number of aldehydes is 1. The Bertz CT molecular complexity index is 289. The van der Waals surface area contributed by atoms with E-state index in [2.05, 4.69) is 43.4 Å². The van der Waals surface area contributed by atoms with Crippen LogP contribution in [0.25, 0.3) is 0 Å². The number of carbonyl (C=O) groups is 1. The van der Waals surface area contributed by atoms with Crippen LogP contribution in [0.3, 0.4) is 0 Å². The van der Waals surface area contributed by atoms with Crippen molar-refractivity contribution in [3.63, 3.8) is 0 Å². The molecule has 0 fully saturated rings. The number of nitrogens with one attached hydrogen (secondary N) is 1. The van der Waals surface area contributed by atoms with Gasteiger partial charge in [-0.25, -0.2) is 0 Å². The highest BCUT2D eigenvalue weighted by atomic mass is 16.1. The summed E-state index contributed by atoms with van der Waals surface area (Å²) in [7, 11) is 1.98. The molecule has 20 heavy (non-hydrogen) atoms. The van der Waals surface area contributed by atoms with Crippen molar-refractivity contribution in [1.29, 1.82) is 0 Å². The summed E-state index contributed by atoms with van der Waals surface area (Å²) in [5, 5.41) is 3.07. The first kappa shape index (κ1) is 21.2. The fraction of sp³-hybridized carbons (Fsp3) is 0.611. The predicted molar refractivity (Wildman–Crippen MR) is 90.4 cm³/mol. The second-order valence-corrected chi connectivity index (χ2v) is 4.50. The predicted octanol–water partition coefficient (Wildman–Crippen LogP) is 4.55. The largest absolute Gasteiger partial charge is 0.320 e. The fourth-order valence-electron chi connectivity index (χ4n) is 1.50. The summed E-state index contributed by atoms with van der Waals surface area (Å²) in [6.45, 7) is 9.43. The minimum Gasteiger partial charge on any atom is -0.320 e. The molecule has 1 aromatic rings. The van der Waals surface area contributed by atoms with Crippen molar-refractivity contribution in [2.45, 2.75) is 59.8 Å². The molecule has 0 saturated heterocycles. The van der Waals surface area contributed by atoms with Crippen molar-refractivity contribution in [2.75, 3.05) is 13.6 Å². The minimum absolute atomic E-state index is 0.674.